The van der Waals surface area contributed by atoms with Crippen molar-refractivity contribution >= 4 is 23.3 Å². The van der Waals surface area contributed by atoms with E-state index in [-0.39, 0.29) is 0 Å². The summed E-state index contributed by atoms with van der Waals surface area (Å²) in [5.41, 5.74) is 3.21. The molecule has 26 heavy (non-hydrogen) atoms. The van der Waals surface area contributed by atoms with Crippen LogP contribution in [0.5, 0.6) is 0 Å². The molecule has 0 radical (unpaired) electrons. The molecule has 1 fully saturated rings. The van der Waals surface area contributed by atoms with E-state index in [1.807, 2.05) is 24.4 Å². The largest absolute Gasteiger partial charge is 0.377 e. The van der Waals surface area contributed by atoms with E-state index in [0.29, 0.717) is 22.2 Å². The van der Waals surface area contributed by atoms with Gasteiger partial charge in [0.2, 0.25) is 0 Å². The molecule has 0 spiro atoms. The van der Waals surface area contributed by atoms with Crippen LogP contribution in [0.1, 0.15) is 29.9 Å². The van der Waals surface area contributed by atoms with Gasteiger partial charge in [-0.2, -0.15) is 0 Å². The van der Waals surface area contributed by atoms with Gasteiger partial charge in [-0.15, -0.1) is 0 Å². The lowest BCUT2D eigenvalue weighted by molar-refractivity contribution is -0.136. The molecular weight excluding hydrogens is 348 g/mol. The summed E-state index contributed by atoms with van der Waals surface area (Å²) >= 11 is 6.06. The van der Waals surface area contributed by atoms with Crippen LogP contribution < -0.4 is 0 Å². The van der Waals surface area contributed by atoms with E-state index >= 15 is 0 Å². The summed E-state index contributed by atoms with van der Waals surface area (Å²) in [4.78, 5) is 19.2. The van der Waals surface area contributed by atoms with Gasteiger partial charge in [0.1, 0.15) is 11.3 Å². The first-order chi connectivity index (χ1) is 12.7. The van der Waals surface area contributed by atoms with Crippen LogP contribution in [0.25, 0.3) is 0 Å². The first kappa shape index (κ1) is 16.9. The molecule has 132 valence electrons. The van der Waals surface area contributed by atoms with Crippen LogP contribution in [0.2, 0.25) is 5.02 Å². The Bertz CT molecular complexity index is 869. The number of hydrogen-bond acceptors (Lipinski definition) is 4. The summed E-state index contributed by atoms with van der Waals surface area (Å²) in [6, 6.07) is 17.9. The molecule has 0 amide bonds. The number of oxime groups is 1. The van der Waals surface area contributed by atoms with Crippen LogP contribution in [0.15, 0.2) is 71.5 Å². The molecule has 0 bridgehead atoms. The van der Waals surface area contributed by atoms with Gasteiger partial charge in [0.25, 0.3) is 0 Å². The Morgan fingerprint density at radius 2 is 1.85 bits per heavy atom. The highest BCUT2D eigenvalue weighted by Gasteiger charge is 2.29. The Morgan fingerprint density at radius 1 is 1.08 bits per heavy atom. The number of nitrogens with zero attached hydrogens (tertiary/aromatic N) is 2. The van der Waals surface area contributed by atoms with Crippen molar-refractivity contribution in [1.82, 2.24) is 4.90 Å². The number of hydrogen-bond donors (Lipinski definition) is 0. The van der Waals surface area contributed by atoms with Crippen LogP contribution >= 0.6 is 11.6 Å². The molecule has 2 aliphatic heterocycles. The van der Waals surface area contributed by atoms with E-state index in [1.165, 1.54) is 5.56 Å². The molecule has 0 aromatic heterocycles. The Morgan fingerprint density at radius 3 is 2.58 bits per heavy atom. The number of likely N-dealkylation sites (tertiary alicyclic amines) is 1. The number of carbonyl (C=O) groups excluding carboxylic acids is 1. The molecule has 5 heteroatoms. The second-order valence-corrected chi connectivity index (χ2v) is 7.03. The first-order valence-electron chi connectivity index (χ1n) is 8.77. The van der Waals surface area contributed by atoms with Gasteiger partial charge in [0.05, 0.1) is 0 Å². The van der Waals surface area contributed by atoms with Crippen LogP contribution in [0.3, 0.4) is 0 Å². The Labute approximate surface area is 157 Å². The average molecular weight is 367 g/mol. The van der Waals surface area contributed by atoms with E-state index in [1.54, 1.807) is 12.1 Å². The second kappa shape index (κ2) is 7.34. The number of rotatable bonds is 3. The lowest BCUT2D eigenvalue weighted by atomic mass is 9.89. The smallest absolute Gasteiger partial charge is 0.369 e. The Kier molecular flexibility index (Phi) is 4.76. The topological polar surface area (TPSA) is 41.9 Å². The van der Waals surface area contributed by atoms with Crippen molar-refractivity contribution in [3.05, 3.63) is 82.5 Å². The quantitative estimate of drug-likeness (QED) is 0.598. The lowest BCUT2D eigenvalue weighted by Gasteiger charge is -2.31. The van der Waals surface area contributed by atoms with Crippen molar-refractivity contribution in [2.45, 2.75) is 18.8 Å². The summed E-state index contributed by atoms with van der Waals surface area (Å²) in [5.74, 6) is 0.160. The van der Waals surface area contributed by atoms with Gasteiger partial charge >= 0.3 is 5.97 Å². The van der Waals surface area contributed by atoms with Gasteiger partial charge in [-0.1, -0.05) is 59.2 Å². The van der Waals surface area contributed by atoms with Crippen LogP contribution in [0.4, 0.5) is 0 Å². The average Bonchev–Trinajstić information content (AvgIpc) is 3.04. The molecule has 2 aromatic rings. The summed E-state index contributed by atoms with van der Waals surface area (Å²) in [6.45, 7) is 1.80. The zero-order chi connectivity index (χ0) is 17.9. The lowest BCUT2D eigenvalue weighted by Crippen LogP contribution is -2.30. The van der Waals surface area contributed by atoms with Crippen molar-refractivity contribution in [2.75, 3.05) is 13.1 Å². The zero-order valence-corrected chi connectivity index (χ0v) is 15.0. The maximum absolute atomic E-state index is 12.1. The van der Waals surface area contributed by atoms with Crippen molar-refractivity contribution in [3.63, 3.8) is 0 Å². The molecule has 0 saturated carbocycles. The predicted octanol–water partition coefficient (Wildman–Crippen LogP) is 4.36. The van der Waals surface area contributed by atoms with Gasteiger partial charge < -0.3 is 9.74 Å². The molecule has 0 N–H and O–H groups in total. The van der Waals surface area contributed by atoms with Crippen LogP contribution in [0, 0.1) is 0 Å². The molecular formula is C21H19ClN2O2. The van der Waals surface area contributed by atoms with E-state index < -0.39 is 5.97 Å². The van der Waals surface area contributed by atoms with Gasteiger partial charge in [0.15, 0.2) is 0 Å². The molecule has 0 aliphatic carbocycles. The third kappa shape index (κ3) is 3.51. The number of halogens is 1. The molecule has 0 unspecified atom stereocenters. The van der Waals surface area contributed by atoms with E-state index in [9.17, 15) is 4.79 Å². The summed E-state index contributed by atoms with van der Waals surface area (Å²) in [5, 5.41) is 4.56. The summed E-state index contributed by atoms with van der Waals surface area (Å²) in [7, 11) is 0. The fourth-order valence-electron chi connectivity index (χ4n) is 3.51. The normalized spacial score (nSPS) is 19.6. The molecule has 2 aromatic carbocycles. The minimum Gasteiger partial charge on any atom is -0.377 e. The molecule has 4 nitrogen and oxygen atoms in total. The molecule has 2 heterocycles. The molecule has 1 saturated heterocycles. The van der Waals surface area contributed by atoms with Crippen LogP contribution in [-0.2, 0) is 9.63 Å². The van der Waals surface area contributed by atoms with Gasteiger partial charge in [-0.3, -0.25) is 0 Å². The van der Waals surface area contributed by atoms with Crippen molar-refractivity contribution in [3.8, 4) is 0 Å². The van der Waals surface area contributed by atoms with Gasteiger partial charge in [-0.25, -0.2) is 4.79 Å². The highest BCUT2D eigenvalue weighted by atomic mass is 35.5. The first-order valence-corrected chi connectivity index (χ1v) is 9.15. The van der Waals surface area contributed by atoms with E-state index in [0.717, 1.165) is 31.5 Å². The monoisotopic (exact) mass is 366 g/mol. The Hall–Kier alpha value is -2.59. The molecule has 2 aliphatic rings. The minimum absolute atomic E-state index is 0.412. The fourth-order valence-corrected chi connectivity index (χ4v) is 3.70. The maximum atomic E-state index is 12.1. The summed E-state index contributed by atoms with van der Waals surface area (Å²) < 4.78 is 0. The maximum Gasteiger partial charge on any atom is 0.369 e. The number of benzene rings is 2. The molecule has 0 atom stereocenters. The highest BCUT2D eigenvalue weighted by Crippen LogP contribution is 2.29. The summed E-state index contributed by atoms with van der Waals surface area (Å²) in [6.07, 6.45) is 4.01. The van der Waals surface area contributed by atoms with E-state index in [2.05, 4.69) is 34.3 Å². The van der Waals surface area contributed by atoms with E-state index in [4.69, 9.17) is 16.4 Å². The second-order valence-electron chi connectivity index (χ2n) is 6.59. The SMILES string of the molecule is O=C1ON=C(c2cccc(Cl)c2)/C1=C/N1CCC(c2ccccc2)CC1. The fraction of sp³-hybridized carbons (Fsp3) is 0.238. The zero-order valence-electron chi connectivity index (χ0n) is 14.3. The Balaban J connectivity index is 1.49. The van der Waals surface area contributed by atoms with Crippen LogP contribution in [-0.4, -0.2) is 29.7 Å². The number of piperidine rings is 1. The standard InChI is InChI=1S/C21H19ClN2O2/c22-18-8-4-7-17(13-18)20-19(21(25)26-23-20)14-24-11-9-16(10-12-24)15-5-2-1-3-6-15/h1-8,13-14,16H,9-12H2/b19-14-. The van der Waals surface area contributed by atoms with Crippen molar-refractivity contribution in [1.29, 1.82) is 0 Å². The van der Waals surface area contributed by atoms with Crippen molar-refractivity contribution < 1.29 is 9.63 Å². The highest BCUT2D eigenvalue weighted by molar-refractivity contribution is 6.32. The predicted molar refractivity (Wildman–Crippen MR) is 102 cm³/mol. The van der Waals surface area contributed by atoms with Gasteiger partial charge in [0, 0.05) is 29.9 Å². The van der Waals surface area contributed by atoms with Gasteiger partial charge in [-0.05, 0) is 36.5 Å². The third-order valence-corrected chi connectivity index (χ3v) is 5.14. The number of carbonyl (C=O) groups is 1. The van der Waals surface area contributed by atoms with Crippen molar-refractivity contribution in [2.24, 2.45) is 5.16 Å². The minimum atomic E-state index is -0.412. The third-order valence-electron chi connectivity index (χ3n) is 4.91. The molecule has 4 rings (SSSR count).